The Balaban J connectivity index is 1.43. The number of hydrogen-bond donors (Lipinski definition) is 1. The van der Waals surface area contributed by atoms with Gasteiger partial charge in [0.1, 0.15) is 12.4 Å². The monoisotopic (exact) mass is 376 g/mol. The molecule has 0 spiro atoms. The molecule has 2 heterocycles. The van der Waals surface area contributed by atoms with Crippen molar-refractivity contribution in [2.45, 2.75) is 31.8 Å². The van der Waals surface area contributed by atoms with Gasteiger partial charge in [-0.1, -0.05) is 36.4 Å². The number of nitrogens with one attached hydrogen (secondary N) is 1. The largest absolute Gasteiger partial charge is 0.489 e. The van der Waals surface area contributed by atoms with Gasteiger partial charge in [0.15, 0.2) is 0 Å². The van der Waals surface area contributed by atoms with E-state index in [1.54, 1.807) is 6.20 Å². The number of para-hydroxylation sites is 3. The summed E-state index contributed by atoms with van der Waals surface area (Å²) >= 11 is 0. The van der Waals surface area contributed by atoms with Crippen LogP contribution < -0.4 is 10.1 Å². The molecule has 1 unspecified atom stereocenters. The molecule has 1 fully saturated rings. The number of nitrogens with zero attached hydrogens (tertiary/aromatic N) is 1. The number of amides is 1. The van der Waals surface area contributed by atoms with Crippen molar-refractivity contribution in [2.24, 2.45) is 0 Å². The number of hydrogen-bond acceptors (Lipinski definition) is 4. The number of aromatic nitrogens is 1. The minimum atomic E-state index is -0.0943. The van der Waals surface area contributed by atoms with Crippen LogP contribution in [0.2, 0.25) is 0 Å². The molecule has 5 nitrogen and oxygen atoms in total. The standard InChI is InChI=1S/C23H24N2O3/c26-22(15-18-8-5-7-17-9-6-13-24-23(17)18)25-20-11-1-2-12-21(20)28-16-19-10-3-4-14-27-19/h1-2,5-9,11-13,19H,3-4,10,14-16H2,(H,25,26). The first-order valence-electron chi connectivity index (χ1n) is 9.75. The fraction of sp³-hybridized carbons (Fsp3) is 0.304. The van der Waals surface area contributed by atoms with Crippen molar-refractivity contribution in [1.29, 1.82) is 0 Å². The molecule has 1 N–H and O–H groups in total. The summed E-state index contributed by atoms with van der Waals surface area (Å²) in [5, 5.41) is 4.01. The fourth-order valence-electron chi connectivity index (χ4n) is 3.49. The highest BCUT2D eigenvalue weighted by Gasteiger charge is 2.16. The van der Waals surface area contributed by atoms with Crippen molar-refractivity contribution in [3.63, 3.8) is 0 Å². The Hall–Kier alpha value is -2.92. The molecule has 0 aliphatic carbocycles. The SMILES string of the molecule is O=C(Cc1cccc2cccnc12)Nc1ccccc1OCC1CCCCO1. The molecular formula is C23H24N2O3. The number of fused-ring (bicyclic) bond motifs is 1. The van der Waals surface area contributed by atoms with Crippen LogP contribution in [0.5, 0.6) is 5.75 Å². The number of ether oxygens (including phenoxy) is 2. The third-order valence-corrected chi connectivity index (χ3v) is 4.93. The lowest BCUT2D eigenvalue weighted by molar-refractivity contribution is -0.115. The number of rotatable bonds is 6. The maximum absolute atomic E-state index is 12.7. The smallest absolute Gasteiger partial charge is 0.228 e. The van der Waals surface area contributed by atoms with Gasteiger partial charge in [-0.15, -0.1) is 0 Å². The molecule has 1 aliphatic rings. The highest BCUT2D eigenvalue weighted by atomic mass is 16.5. The van der Waals surface area contributed by atoms with Crippen molar-refractivity contribution in [3.8, 4) is 5.75 Å². The summed E-state index contributed by atoms with van der Waals surface area (Å²) in [6, 6.07) is 17.3. The zero-order valence-electron chi connectivity index (χ0n) is 15.8. The fourth-order valence-corrected chi connectivity index (χ4v) is 3.49. The van der Waals surface area contributed by atoms with E-state index >= 15 is 0 Å². The summed E-state index contributed by atoms with van der Waals surface area (Å²) < 4.78 is 11.7. The summed E-state index contributed by atoms with van der Waals surface area (Å²) in [6.45, 7) is 1.30. The van der Waals surface area contributed by atoms with Gasteiger partial charge in [0.05, 0.1) is 23.7 Å². The predicted molar refractivity (Wildman–Crippen MR) is 110 cm³/mol. The lowest BCUT2D eigenvalue weighted by Gasteiger charge is -2.23. The molecule has 1 saturated heterocycles. The minimum absolute atomic E-state index is 0.0943. The van der Waals surface area contributed by atoms with Gasteiger partial charge >= 0.3 is 0 Å². The molecule has 1 aromatic heterocycles. The summed E-state index contributed by atoms with van der Waals surface area (Å²) in [5.74, 6) is 0.573. The van der Waals surface area contributed by atoms with Gasteiger partial charge in [0.2, 0.25) is 5.91 Å². The molecule has 0 radical (unpaired) electrons. The van der Waals surface area contributed by atoms with Gasteiger partial charge in [0, 0.05) is 18.2 Å². The molecule has 0 bridgehead atoms. The predicted octanol–water partition coefficient (Wildman–Crippen LogP) is 4.36. The first-order chi connectivity index (χ1) is 13.8. The van der Waals surface area contributed by atoms with E-state index in [9.17, 15) is 4.79 Å². The summed E-state index contributed by atoms with van der Waals surface area (Å²) in [5.41, 5.74) is 2.44. The van der Waals surface area contributed by atoms with E-state index in [1.807, 2.05) is 54.6 Å². The average Bonchev–Trinajstić information content (AvgIpc) is 2.74. The molecule has 5 heteroatoms. The van der Waals surface area contributed by atoms with Crippen LogP contribution in [0.3, 0.4) is 0 Å². The number of carbonyl (C=O) groups is 1. The summed E-state index contributed by atoms with van der Waals surface area (Å²) in [7, 11) is 0. The Morgan fingerprint density at radius 1 is 1.11 bits per heavy atom. The van der Waals surface area contributed by atoms with E-state index in [1.165, 1.54) is 6.42 Å². The van der Waals surface area contributed by atoms with Gasteiger partial charge in [-0.05, 0) is 43.0 Å². The number of pyridine rings is 1. The Morgan fingerprint density at radius 2 is 2.00 bits per heavy atom. The van der Waals surface area contributed by atoms with Gasteiger partial charge < -0.3 is 14.8 Å². The van der Waals surface area contributed by atoms with E-state index in [-0.39, 0.29) is 18.4 Å². The van der Waals surface area contributed by atoms with Gasteiger partial charge in [-0.3, -0.25) is 9.78 Å². The van der Waals surface area contributed by atoms with Crippen LogP contribution in [0, 0.1) is 0 Å². The van der Waals surface area contributed by atoms with Crippen LogP contribution in [0.25, 0.3) is 10.9 Å². The highest BCUT2D eigenvalue weighted by Crippen LogP contribution is 2.25. The van der Waals surface area contributed by atoms with E-state index in [0.29, 0.717) is 18.0 Å². The van der Waals surface area contributed by atoms with Crippen LogP contribution in [-0.4, -0.2) is 30.2 Å². The molecule has 1 atom stereocenters. The van der Waals surface area contributed by atoms with E-state index in [0.717, 1.165) is 35.9 Å². The average molecular weight is 376 g/mol. The maximum Gasteiger partial charge on any atom is 0.228 e. The normalized spacial score (nSPS) is 16.6. The van der Waals surface area contributed by atoms with Crippen LogP contribution in [0.15, 0.2) is 60.8 Å². The molecule has 0 saturated carbocycles. The van der Waals surface area contributed by atoms with Gasteiger partial charge in [0.25, 0.3) is 0 Å². The van der Waals surface area contributed by atoms with Crippen LogP contribution >= 0.6 is 0 Å². The second kappa shape index (κ2) is 8.85. The highest BCUT2D eigenvalue weighted by molar-refractivity contribution is 5.96. The molecule has 4 rings (SSSR count). The van der Waals surface area contributed by atoms with Crippen molar-refractivity contribution in [2.75, 3.05) is 18.5 Å². The minimum Gasteiger partial charge on any atom is -0.489 e. The van der Waals surface area contributed by atoms with Crippen LogP contribution in [-0.2, 0) is 16.0 Å². The Kier molecular flexibility index (Phi) is 5.83. The third-order valence-electron chi connectivity index (χ3n) is 4.93. The van der Waals surface area contributed by atoms with Gasteiger partial charge in [-0.25, -0.2) is 0 Å². The third kappa shape index (κ3) is 4.49. The lowest BCUT2D eigenvalue weighted by Crippen LogP contribution is -2.26. The lowest BCUT2D eigenvalue weighted by atomic mass is 10.1. The van der Waals surface area contributed by atoms with E-state index in [2.05, 4.69) is 10.3 Å². The Bertz CT molecular complexity index is 946. The Morgan fingerprint density at radius 3 is 2.89 bits per heavy atom. The summed E-state index contributed by atoms with van der Waals surface area (Å²) in [4.78, 5) is 17.1. The zero-order valence-corrected chi connectivity index (χ0v) is 15.8. The van der Waals surface area contributed by atoms with Crippen molar-refractivity contribution >= 4 is 22.5 Å². The van der Waals surface area contributed by atoms with Crippen molar-refractivity contribution in [3.05, 3.63) is 66.4 Å². The van der Waals surface area contributed by atoms with Crippen LogP contribution in [0.1, 0.15) is 24.8 Å². The molecule has 28 heavy (non-hydrogen) atoms. The first kappa shape index (κ1) is 18.4. The molecule has 2 aromatic carbocycles. The maximum atomic E-state index is 12.7. The molecular weight excluding hydrogens is 352 g/mol. The summed E-state index contributed by atoms with van der Waals surface area (Å²) in [6.07, 6.45) is 5.44. The van der Waals surface area contributed by atoms with Crippen molar-refractivity contribution in [1.82, 2.24) is 4.98 Å². The number of carbonyl (C=O) groups excluding carboxylic acids is 1. The first-order valence-corrected chi connectivity index (χ1v) is 9.75. The molecule has 1 amide bonds. The number of benzene rings is 2. The molecule has 3 aromatic rings. The van der Waals surface area contributed by atoms with E-state index < -0.39 is 0 Å². The Labute approximate surface area is 164 Å². The molecule has 1 aliphatic heterocycles. The topological polar surface area (TPSA) is 60.5 Å². The molecule has 144 valence electrons. The second-order valence-corrected chi connectivity index (χ2v) is 7.01. The zero-order chi connectivity index (χ0) is 19.2. The van der Waals surface area contributed by atoms with Gasteiger partial charge in [-0.2, -0.15) is 0 Å². The quantitative estimate of drug-likeness (QED) is 0.694. The van der Waals surface area contributed by atoms with Crippen LogP contribution in [0.4, 0.5) is 5.69 Å². The van der Waals surface area contributed by atoms with Crippen molar-refractivity contribution < 1.29 is 14.3 Å². The second-order valence-electron chi connectivity index (χ2n) is 7.01. The number of anilines is 1. The van der Waals surface area contributed by atoms with E-state index in [4.69, 9.17) is 9.47 Å².